The average Bonchev–Trinajstić information content (AvgIpc) is 2.14. The van der Waals surface area contributed by atoms with Crippen LogP contribution in [0.4, 0.5) is 0 Å². The van der Waals surface area contributed by atoms with Gasteiger partial charge in [0.1, 0.15) is 0 Å². The summed E-state index contributed by atoms with van der Waals surface area (Å²) in [5, 5.41) is 3.70. The Morgan fingerprint density at radius 1 is 1.27 bits per heavy atom. The van der Waals surface area contributed by atoms with E-state index in [-0.39, 0.29) is 5.54 Å². The first-order chi connectivity index (χ1) is 6.96. The van der Waals surface area contributed by atoms with Crippen molar-refractivity contribution < 1.29 is 4.74 Å². The maximum atomic E-state index is 5.23. The van der Waals surface area contributed by atoms with Crippen LogP contribution >= 0.6 is 0 Å². The molecule has 0 bridgehead atoms. The molecule has 2 unspecified atom stereocenters. The summed E-state index contributed by atoms with van der Waals surface area (Å²) < 4.78 is 5.23. The van der Waals surface area contributed by atoms with E-state index in [0.29, 0.717) is 6.04 Å². The van der Waals surface area contributed by atoms with Crippen LogP contribution in [0.25, 0.3) is 0 Å². The molecule has 2 nitrogen and oxygen atoms in total. The highest BCUT2D eigenvalue weighted by molar-refractivity contribution is 4.84. The van der Waals surface area contributed by atoms with Crippen molar-refractivity contribution in [2.75, 3.05) is 13.7 Å². The summed E-state index contributed by atoms with van der Waals surface area (Å²) in [6.07, 6.45) is 3.76. The molecule has 15 heavy (non-hydrogen) atoms. The zero-order chi connectivity index (χ0) is 11.9. The van der Waals surface area contributed by atoms with Crippen LogP contribution in [0.3, 0.4) is 0 Å². The van der Waals surface area contributed by atoms with Gasteiger partial charge in [0.05, 0.1) is 6.61 Å². The topological polar surface area (TPSA) is 21.3 Å². The van der Waals surface area contributed by atoms with Gasteiger partial charge in [-0.1, -0.05) is 27.2 Å². The molecule has 0 heterocycles. The molecule has 0 aromatic rings. The minimum Gasteiger partial charge on any atom is -0.383 e. The Morgan fingerprint density at radius 3 is 2.27 bits per heavy atom. The van der Waals surface area contributed by atoms with E-state index >= 15 is 0 Å². The zero-order valence-electron chi connectivity index (χ0n) is 11.4. The molecule has 0 rings (SSSR count). The summed E-state index contributed by atoms with van der Waals surface area (Å²) in [4.78, 5) is 0. The van der Waals surface area contributed by atoms with Crippen molar-refractivity contribution in [3.63, 3.8) is 0 Å². The van der Waals surface area contributed by atoms with Gasteiger partial charge in [-0.3, -0.25) is 0 Å². The number of ether oxygens (including phenoxy) is 1. The minimum absolute atomic E-state index is 0.0808. The van der Waals surface area contributed by atoms with E-state index in [1.54, 1.807) is 7.11 Å². The van der Waals surface area contributed by atoms with Gasteiger partial charge < -0.3 is 10.1 Å². The first kappa shape index (κ1) is 14.9. The van der Waals surface area contributed by atoms with Crippen LogP contribution in [0, 0.1) is 5.92 Å². The lowest BCUT2D eigenvalue weighted by Gasteiger charge is -2.34. The molecule has 0 amide bonds. The molecule has 0 fully saturated rings. The molecule has 2 atom stereocenters. The Bertz CT molecular complexity index is 157. The third kappa shape index (κ3) is 6.16. The largest absolute Gasteiger partial charge is 0.383 e. The van der Waals surface area contributed by atoms with Crippen molar-refractivity contribution in [2.24, 2.45) is 5.92 Å². The number of hydrogen-bond donors (Lipinski definition) is 1. The van der Waals surface area contributed by atoms with Gasteiger partial charge in [0.25, 0.3) is 0 Å². The van der Waals surface area contributed by atoms with Crippen LogP contribution in [0.2, 0.25) is 0 Å². The first-order valence-electron chi connectivity index (χ1n) is 6.23. The Hall–Kier alpha value is -0.0800. The highest BCUT2D eigenvalue weighted by atomic mass is 16.5. The van der Waals surface area contributed by atoms with Crippen molar-refractivity contribution in [3.05, 3.63) is 0 Å². The fraction of sp³-hybridized carbons (Fsp3) is 1.00. The molecular weight excluding hydrogens is 186 g/mol. The fourth-order valence-corrected chi connectivity index (χ4v) is 2.21. The molecular formula is C13H29NO. The van der Waals surface area contributed by atoms with E-state index < -0.39 is 0 Å². The van der Waals surface area contributed by atoms with E-state index in [2.05, 4.69) is 39.9 Å². The second-order valence-corrected chi connectivity index (χ2v) is 5.24. The minimum atomic E-state index is 0.0808. The summed E-state index contributed by atoms with van der Waals surface area (Å²) in [6, 6.07) is 0.607. The molecule has 0 aromatic heterocycles. The highest BCUT2D eigenvalue weighted by Gasteiger charge is 2.24. The maximum Gasteiger partial charge on any atom is 0.0639 e. The number of rotatable bonds is 8. The van der Waals surface area contributed by atoms with Crippen molar-refractivity contribution >= 4 is 0 Å². The van der Waals surface area contributed by atoms with Crippen LogP contribution in [-0.4, -0.2) is 25.3 Å². The molecule has 0 spiro atoms. The zero-order valence-corrected chi connectivity index (χ0v) is 11.4. The van der Waals surface area contributed by atoms with Gasteiger partial charge in [0.15, 0.2) is 0 Å². The molecule has 0 aromatic carbocycles. The van der Waals surface area contributed by atoms with Crippen molar-refractivity contribution in [1.82, 2.24) is 5.32 Å². The maximum absolute atomic E-state index is 5.23. The first-order valence-corrected chi connectivity index (χ1v) is 6.23. The van der Waals surface area contributed by atoms with E-state index in [9.17, 15) is 0 Å². The van der Waals surface area contributed by atoms with Crippen LogP contribution in [0.15, 0.2) is 0 Å². The molecule has 0 aliphatic heterocycles. The Kier molecular flexibility index (Phi) is 7.20. The predicted octanol–water partition coefficient (Wildman–Crippen LogP) is 3.22. The van der Waals surface area contributed by atoms with Crippen LogP contribution in [0.5, 0.6) is 0 Å². The lowest BCUT2D eigenvalue weighted by molar-refractivity contribution is 0.112. The molecule has 0 saturated carbocycles. The van der Waals surface area contributed by atoms with Gasteiger partial charge >= 0.3 is 0 Å². The second kappa shape index (κ2) is 7.24. The molecule has 0 aliphatic carbocycles. The second-order valence-electron chi connectivity index (χ2n) is 5.24. The molecule has 1 N–H and O–H groups in total. The molecule has 0 saturated heterocycles. The summed E-state index contributed by atoms with van der Waals surface area (Å²) in [5.41, 5.74) is 0.0808. The van der Waals surface area contributed by atoms with Gasteiger partial charge in [-0.2, -0.15) is 0 Å². The van der Waals surface area contributed by atoms with E-state index in [1.807, 2.05) is 0 Å². The normalized spacial score (nSPS) is 16.4. The Morgan fingerprint density at radius 2 is 1.87 bits per heavy atom. The van der Waals surface area contributed by atoms with Gasteiger partial charge in [-0.25, -0.2) is 0 Å². The third-order valence-electron chi connectivity index (χ3n) is 2.95. The molecule has 0 aliphatic rings. The van der Waals surface area contributed by atoms with Crippen molar-refractivity contribution in [1.29, 1.82) is 0 Å². The molecule has 2 heteroatoms. The van der Waals surface area contributed by atoms with Crippen LogP contribution in [0.1, 0.15) is 53.9 Å². The lowest BCUT2D eigenvalue weighted by atomic mass is 9.92. The van der Waals surface area contributed by atoms with Crippen LogP contribution < -0.4 is 5.32 Å². The number of hydrogen-bond acceptors (Lipinski definition) is 2. The number of nitrogens with one attached hydrogen (secondary N) is 1. The predicted molar refractivity (Wildman–Crippen MR) is 67.2 cm³/mol. The van der Waals surface area contributed by atoms with Crippen molar-refractivity contribution in [2.45, 2.75) is 65.5 Å². The summed E-state index contributed by atoms with van der Waals surface area (Å²) in [5.74, 6) is 0.746. The summed E-state index contributed by atoms with van der Waals surface area (Å²) in [7, 11) is 1.76. The Balaban J connectivity index is 4.18. The standard InChI is InChI=1S/C13H29NO/c1-7-9-11(3)12(8-2)14-13(4,5)10-15-6/h11-12,14H,7-10H2,1-6H3. The van der Waals surface area contributed by atoms with Crippen molar-refractivity contribution in [3.8, 4) is 0 Å². The molecule has 92 valence electrons. The molecule has 0 radical (unpaired) electrons. The SMILES string of the molecule is CCCC(C)C(CC)NC(C)(C)COC. The highest BCUT2D eigenvalue weighted by Crippen LogP contribution is 2.16. The Labute approximate surface area is 95.8 Å². The smallest absolute Gasteiger partial charge is 0.0639 e. The van der Waals surface area contributed by atoms with Crippen LogP contribution in [-0.2, 0) is 4.74 Å². The quantitative estimate of drug-likeness (QED) is 0.671. The van der Waals surface area contributed by atoms with Gasteiger partial charge in [0, 0.05) is 18.7 Å². The third-order valence-corrected chi connectivity index (χ3v) is 2.95. The van der Waals surface area contributed by atoms with E-state index in [0.717, 1.165) is 12.5 Å². The van der Waals surface area contributed by atoms with E-state index in [4.69, 9.17) is 4.74 Å². The average molecular weight is 215 g/mol. The van der Waals surface area contributed by atoms with Gasteiger partial charge in [-0.05, 0) is 32.6 Å². The fourth-order valence-electron chi connectivity index (χ4n) is 2.21. The van der Waals surface area contributed by atoms with E-state index in [1.165, 1.54) is 19.3 Å². The summed E-state index contributed by atoms with van der Waals surface area (Å²) >= 11 is 0. The number of methoxy groups -OCH3 is 1. The lowest BCUT2D eigenvalue weighted by Crippen LogP contribution is -2.51. The summed E-state index contributed by atoms with van der Waals surface area (Å²) in [6.45, 7) is 12.0. The van der Waals surface area contributed by atoms with Gasteiger partial charge in [-0.15, -0.1) is 0 Å². The van der Waals surface area contributed by atoms with Gasteiger partial charge in [0.2, 0.25) is 0 Å². The monoisotopic (exact) mass is 215 g/mol.